The van der Waals surface area contributed by atoms with Crippen LogP contribution < -0.4 is 11.3 Å². The van der Waals surface area contributed by atoms with E-state index in [1.165, 1.54) is 5.56 Å². The monoisotopic (exact) mass is 260 g/mol. The molecule has 0 fully saturated rings. The van der Waals surface area contributed by atoms with E-state index in [1.54, 1.807) is 0 Å². The second-order valence-corrected chi connectivity index (χ2v) is 6.07. The molecule has 19 heavy (non-hydrogen) atoms. The van der Waals surface area contributed by atoms with E-state index in [4.69, 9.17) is 10.6 Å². The van der Waals surface area contributed by atoms with Crippen LogP contribution in [0.1, 0.15) is 50.8 Å². The van der Waals surface area contributed by atoms with Crippen molar-refractivity contribution in [3.05, 3.63) is 47.2 Å². The van der Waals surface area contributed by atoms with Crippen LogP contribution in [0.25, 0.3) is 0 Å². The number of hydrazine groups is 1. The molecular weight excluding hydrogens is 236 g/mol. The van der Waals surface area contributed by atoms with Crippen molar-refractivity contribution >= 4 is 0 Å². The predicted octanol–water partition coefficient (Wildman–Crippen LogP) is 3.18. The maximum atomic E-state index is 5.70. The zero-order chi connectivity index (χ0) is 13.9. The highest BCUT2D eigenvalue weighted by atomic mass is 16.5. The van der Waals surface area contributed by atoms with E-state index in [-0.39, 0.29) is 11.5 Å². The molecule has 0 radical (unpaired) electrons. The fourth-order valence-electron chi connectivity index (χ4n) is 2.30. The molecule has 1 aromatic carbocycles. The fraction of sp³-hybridized carbons (Fsp3) is 0.500. The van der Waals surface area contributed by atoms with Crippen molar-refractivity contribution in [3.8, 4) is 0 Å². The Hall–Kier alpha value is -1.32. The van der Waals surface area contributed by atoms with Gasteiger partial charge in [0.2, 0.25) is 0 Å². The lowest BCUT2D eigenvalue weighted by atomic mass is 9.86. The van der Waals surface area contributed by atoms with Crippen LogP contribution in [-0.2, 0) is 10.2 Å². The largest absolute Gasteiger partial charge is 0.496 e. The topological polar surface area (TPSA) is 47.3 Å². The van der Waals surface area contributed by atoms with Crippen molar-refractivity contribution in [2.24, 2.45) is 5.84 Å². The van der Waals surface area contributed by atoms with Gasteiger partial charge in [-0.1, -0.05) is 45.0 Å². The third-order valence-corrected chi connectivity index (χ3v) is 3.52. The Kier molecular flexibility index (Phi) is 4.27. The van der Waals surface area contributed by atoms with Gasteiger partial charge in [-0.15, -0.1) is 0 Å². The van der Waals surface area contributed by atoms with Gasteiger partial charge >= 0.3 is 0 Å². The Morgan fingerprint density at radius 1 is 1.21 bits per heavy atom. The highest BCUT2D eigenvalue weighted by Gasteiger charge is 2.20. The van der Waals surface area contributed by atoms with Crippen LogP contribution >= 0.6 is 0 Å². The molecule has 1 aliphatic heterocycles. The first kappa shape index (κ1) is 14.1. The summed E-state index contributed by atoms with van der Waals surface area (Å²) < 4.78 is 5.70. The van der Waals surface area contributed by atoms with E-state index in [9.17, 15) is 0 Å². The first-order chi connectivity index (χ1) is 9.02. The summed E-state index contributed by atoms with van der Waals surface area (Å²) in [5.41, 5.74) is 5.49. The van der Waals surface area contributed by atoms with Crippen LogP contribution in [0.15, 0.2) is 36.1 Å². The average molecular weight is 260 g/mol. The predicted molar refractivity (Wildman–Crippen MR) is 78.5 cm³/mol. The Balaban J connectivity index is 2.22. The molecule has 3 N–H and O–H groups in total. The van der Waals surface area contributed by atoms with Crippen molar-refractivity contribution in [2.45, 2.75) is 45.1 Å². The highest BCUT2D eigenvalue weighted by molar-refractivity contribution is 5.32. The van der Waals surface area contributed by atoms with Gasteiger partial charge in [-0.3, -0.25) is 5.84 Å². The molecule has 0 amide bonds. The molecule has 3 heteroatoms. The van der Waals surface area contributed by atoms with Gasteiger partial charge in [-0.2, -0.15) is 0 Å². The molecule has 2 rings (SSSR count). The summed E-state index contributed by atoms with van der Waals surface area (Å²) >= 11 is 0. The summed E-state index contributed by atoms with van der Waals surface area (Å²) in [7, 11) is 0. The summed E-state index contributed by atoms with van der Waals surface area (Å²) in [5.74, 6) is 6.63. The average Bonchev–Trinajstić information content (AvgIpc) is 2.40. The van der Waals surface area contributed by atoms with Crippen LogP contribution in [0.2, 0.25) is 0 Å². The van der Waals surface area contributed by atoms with Crippen LogP contribution in [0, 0.1) is 0 Å². The summed E-state index contributed by atoms with van der Waals surface area (Å²) in [5, 5.41) is 0. The van der Waals surface area contributed by atoms with Gasteiger partial charge < -0.3 is 4.74 Å². The van der Waals surface area contributed by atoms with Gasteiger partial charge in [0.25, 0.3) is 0 Å². The number of ether oxygens (including phenoxy) is 1. The van der Waals surface area contributed by atoms with Gasteiger partial charge in [-0.25, -0.2) is 5.43 Å². The molecule has 104 valence electrons. The number of rotatable bonds is 3. The van der Waals surface area contributed by atoms with Crippen LogP contribution in [0.3, 0.4) is 0 Å². The van der Waals surface area contributed by atoms with Gasteiger partial charge in [0, 0.05) is 0 Å². The lowest BCUT2D eigenvalue weighted by Crippen LogP contribution is -2.31. The molecule has 1 atom stereocenters. The molecule has 1 heterocycles. The quantitative estimate of drug-likeness (QED) is 0.648. The highest BCUT2D eigenvalue weighted by Crippen LogP contribution is 2.28. The Morgan fingerprint density at radius 2 is 1.89 bits per heavy atom. The normalized spacial score (nSPS) is 17.6. The molecule has 1 unspecified atom stereocenters. The third kappa shape index (κ3) is 3.37. The van der Waals surface area contributed by atoms with E-state index >= 15 is 0 Å². The molecule has 3 nitrogen and oxygen atoms in total. The lowest BCUT2D eigenvalue weighted by molar-refractivity contribution is 0.168. The molecule has 1 aliphatic rings. The van der Waals surface area contributed by atoms with Crippen LogP contribution in [0.5, 0.6) is 0 Å². The molecule has 0 saturated carbocycles. The van der Waals surface area contributed by atoms with E-state index < -0.39 is 0 Å². The maximum Gasteiger partial charge on any atom is 0.115 e. The molecule has 0 saturated heterocycles. The minimum atomic E-state index is -0.0469. The van der Waals surface area contributed by atoms with Crippen LogP contribution in [0.4, 0.5) is 0 Å². The SMILES string of the molecule is CC(C)(C)c1ccc(C(NN)C2=CCCCO2)cc1. The minimum absolute atomic E-state index is 0.0469. The Morgan fingerprint density at radius 3 is 2.37 bits per heavy atom. The van der Waals surface area contributed by atoms with Gasteiger partial charge in [0.15, 0.2) is 0 Å². The van der Waals surface area contributed by atoms with E-state index in [2.05, 4.69) is 56.5 Å². The fourth-order valence-corrected chi connectivity index (χ4v) is 2.30. The second kappa shape index (κ2) is 5.76. The number of hydrogen-bond acceptors (Lipinski definition) is 3. The van der Waals surface area contributed by atoms with Gasteiger partial charge in [0.1, 0.15) is 11.8 Å². The number of benzene rings is 1. The van der Waals surface area contributed by atoms with Crippen LogP contribution in [-0.4, -0.2) is 6.61 Å². The molecule has 0 spiro atoms. The summed E-state index contributed by atoms with van der Waals surface area (Å²) in [6, 6.07) is 8.55. The lowest BCUT2D eigenvalue weighted by Gasteiger charge is -2.25. The zero-order valence-corrected chi connectivity index (χ0v) is 12.1. The Labute approximate surface area is 115 Å². The standard InChI is InChI=1S/C16H24N2O/c1-16(2,3)13-9-7-12(8-10-13)15(18-17)14-6-4-5-11-19-14/h6-10,15,18H,4-5,11,17H2,1-3H3. The van der Waals surface area contributed by atoms with E-state index in [0.717, 1.165) is 30.8 Å². The smallest absolute Gasteiger partial charge is 0.115 e. The number of hydrogen-bond donors (Lipinski definition) is 2. The number of allylic oxidation sites excluding steroid dienone is 1. The first-order valence-electron chi connectivity index (χ1n) is 6.92. The van der Waals surface area contributed by atoms with E-state index in [1.807, 2.05) is 0 Å². The number of nitrogens with two attached hydrogens (primary N) is 1. The first-order valence-corrected chi connectivity index (χ1v) is 6.92. The zero-order valence-electron chi connectivity index (χ0n) is 12.1. The molecule has 0 bridgehead atoms. The molecule has 0 aromatic heterocycles. The molecule has 1 aromatic rings. The number of nitrogens with one attached hydrogen (secondary N) is 1. The summed E-state index contributed by atoms with van der Waals surface area (Å²) in [4.78, 5) is 0. The van der Waals surface area contributed by atoms with Crippen molar-refractivity contribution in [1.82, 2.24) is 5.43 Å². The molecular formula is C16H24N2O. The third-order valence-electron chi connectivity index (χ3n) is 3.52. The second-order valence-electron chi connectivity index (χ2n) is 6.07. The van der Waals surface area contributed by atoms with Gasteiger partial charge in [-0.05, 0) is 35.5 Å². The summed E-state index contributed by atoms with van der Waals surface area (Å²) in [6.45, 7) is 7.43. The van der Waals surface area contributed by atoms with Crippen molar-refractivity contribution in [1.29, 1.82) is 0 Å². The van der Waals surface area contributed by atoms with Gasteiger partial charge in [0.05, 0.1) is 6.61 Å². The summed E-state index contributed by atoms with van der Waals surface area (Å²) in [6.07, 6.45) is 4.28. The Bertz CT molecular complexity index is 443. The van der Waals surface area contributed by atoms with Crippen molar-refractivity contribution in [2.75, 3.05) is 6.61 Å². The minimum Gasteiger partial charge on any atom is -0.496 e. The van der Waals surface area contributed by atoms with Crippen molar-refractivity contribution < 1.29 is 4.74 Å². The van der Waals surface area contributed by atoms with Crippen molar-refractivity contribution in [3.63, 3.8) is 0 Å². The van der Waals surface area contributed by atoms with E-state index in [0.29, 0.717) is 0 Å². The molecule has 0 aliphatic carbocycles. The maximum absolute atomic E-state index is 5.70.